The molecule has 8 aromatic rings. The van der Waals surface area contributed by atoms with E-state index in [-0.39, 0.29) is 5.41 Å². The third-order valence-corrected chi connectivity index (χ3v) is 9.93. The molecule has 0 amide bonds. The van der Waals surface area contributed by atoms with E-state index >= 15 is 0 Å². The van der Waals surface area contributed by atoms with Crippen LogP contribution in [0.15, 0.2) is 152 Å². The second kappa shape index (κ2) is 9.74. The predicted molar refractivity (Wildman–Crippen MR) is 191 cm³/mol. The summed E-state index contributed by atoms with van der Waals surface area (Å²) in [5.74, 6) is 0. The van der Waals surface area contributed by atoms with Crippen LogP contribution in [0.2, 0.25) is 0 Å². The van der Waals surface area contributed by atoms with Gasteiger partial charge in [-0.25, -0.2) is 0 Å². The van der Waals surface area contributed by atoms with Crippen molar-refractivity contribution in [3.63, 3.8) is 0 Å². The molecule has 0 unspecified atom stereocenters. The molecule has 212 valence electrons. The summed E-state index contributed by atoms with van der Waals surface area (Å²) >= 11 is 0. The van der Waals surface area contributed by atoms with E-state index in [2.05, 4.69) is 159 Å². The van der Waals surface area contributed by atoms with Crippen molar-refractivity contribution in [2.45, 2.75) is 19.3 Å². The molecule has 7 aromatic carbocycles. The Morgan fingerprint density at radius 1 is 0.422 bits per heavy atom. The molecular weight excluding hydrogens is 542 g/mol. The molecule has 1 heteroatoms. The third kappa shape index (κ3) is 3.77. The lowest BCUT2D eigenvalue weighted by molar-refractivity contribution is 0.660. The maximum Gasteiger partial charge on any atom is 0.0793 e. The molecule has 1 aliphatic rings. The van der Waals surface area contributed by atoms with Crippen LogP contribution in [0, 0.1) is 0 Å². The summed E-state index contributed by atoms with van der Waals surface area (Å²) in [4.78, 5) is 5.09. The number of fused-ring (bicyclic) bond motifs is 6. The molecule has 0 fully saturated rings. The zero-order valence-electron chi connectivity index (χ0n) is 25.4. The largest absolute Gasteiger partial charge is 0.256 e. The highest BCUT2D eigenvalue weighted by atomic mass is 14.7. The van der Waals surface area contributed by atoms with Crippen molar-refractivity contribution >= 4 is 32.4 Å². The molecule has 45 heavy (non-hydrogen) atoms. The molecule has 0 atom stereocenters. The van der Waals surface area contributed by atoms with Crippen LogP contribution in [-0.4, -0.2) is 4.98 Å². The molecule has 0 radical (unpaired) electrons. The maximum absolute atomic E-state index is 5.09. The van der Waals surface area contributed by atoms with Gasteiger partial charge in [0.2, 0.25) is 0 Å². The highest BCUT2D eigenvalue weighted by molar-refractivity contribution is 6.23. The van der Waals surface area contributed by atoms with Gasteiger partial charge in [0.05, 0.1) is 5.52 Å². The second-order valence-electron chi connectivity index (χ2n) is 12.7. The molecule has 0 spiro atoms. The van der Waals surface area contributed by atoms with Crippen LogP contribution in [0.5, 0.6) is 0 Å². The Kier molecular flexibility index (Phi) is 5.61. The quantitative estimate of drug-likeness (QED) is 0.192. The first kappa shape index (κ1) is 25.9. The first-order valence-electron chi connectivity index (χ1n) is 15.7. The van der Waals surface area contributed by atoms with Crippen LogP contribution in [0.4, 0.5) is 0 Å². The van der Waals surface area contributed by atoms with Crippen molar-refractivity contribution in [1.29, 1.82) is 0 Å². The molecule has 0 saturated carbocycles. The van der Waals surface area contributed by atoms with Gasteiger partial charge in [0.25, 0.3) is 0 Å². The molecule has 9 rings (SSSR count). The van der Waals surface area contributed by atoms with Crippen molar-refractivity contribution in [3.05, 3.63) is 163 Å². The molecule has 0 aliphatic heterocycles. The monoisotopic (exact) mass is 573 g/mol. The first-order valence-corrected chi connectivity index (χ1v) is 15.7. The highest BCUT2D eigenvalue weighted by Gasteiger charge is 2.35. The Morgan fingerprint density at radius 3 is 1.87 bits per heavy atom. The van der Waals surface area contributed by atoms with Gasteiger partial charge in [-0.05, 0) is 83.7 Å². The standard InChI is InChI=1S/C44H31N/c1-44(2)39-23-10-9-17-32(39)33-25-24-29(27-40(33)44)31-16-5-6-18-34(31)41-36-19-7-8-20-37(36)42(43-38(41)22-12-26-45-43)35-21-11-14-28-13-3-4-15-30(28)35/h3-27H,1-2H3. The number of pyridine rings is 1. The van der Waals surface area contributed by atoms with Crippen molar-refractivity contribution in [3.8, 4) is 44.5 Å². The van der Waals surface area contributed by atoms with E-state index in [0.29, 0.717) is 0 Å². The van der Waals surface area contributed by atoms with E-state index in [1.165, 1.54) is 82.6 Å². The van der Waals surface area contributed by atoms with Crippen molar-refractivity contribution in [2.24, 2.45) is 0 Å². The lowest BCUT2D eigenvalue weighted by atomic mass is 9.80. The Bertz CT molecular complexity index is 2400. The van der Waals surface area contributed by atoms with Crippen LogP contribution >= 0.6 is 0 Å². The predicted octanol–water partition coefficient (Wildman–Crippen LogP) is 11.8. The number of hydrogen-bond donors (Lipinski definition) is 0. The lowest BCUT2D eigenvalue weighted by Gasteiger charge is -2.23. The Hall–Kier alpha value is -5.53. The van der Waals surface area contributed by atoms with E-state index < -0.39 is 0 Å². The second-order valence-corrected chi connectivity index (χ2v) is 12.7. The number of hydrogen-bond acceptors (Lipinski definition) is 1. The van der Waals surface area contributed by atoms with Crippen molar-refractivity contribution in [2.75, 3.05) is 0 Å². The zero-order chi connectivity index (χ0) is 30.1. The summed E-state index contributed by atoms with van der Waals surface area (Å²) in [7, 11) is 0. The SMILES string of the molecule is CC1(C)c2ccccc2-c2ccc(-c3ccccc3-c3c4ccccc4c(-c4cccc5ccccc45)c4ncccc34)cc21. The van der Waals surface area contributed by atoms with Gasteiger partial charge in [-0.15, -0.1) is 0 Å². The smallest absolute Gasteiger partial charge is 0.0793 e. The molecule has 1 heterocycles. The average molecular weight is 574 g/mol. The zero-order valence-corrected chi connectivity index (χ0v) is 25.4. The normalized spacial score (nSPS) is 13.3. The molecule has 1 aliphatic carbocycles. The molecule has 1 nitrogen and oxygen atoms in total. The summed E-state index contributed by atoms with van der Waals surface area (Å²) in [6, 6.07) is 53.3. The molecule has 0 N–H and O–H groups in total. The summed E-state index contributed by atoms with van der Waals surface area (Å²) in [6.07, 6.45) is 1.93. The summed E-state index contributed by atoms with van der Waals surface area (Å²) in [5, 5.41) is 6.10. The average Bonchev–Trinajstić information content (AvgIpc) is 3.32. The fourth-order valence-electron chi connectivity index (χ4n) is 7.83. The summed E-state index contributed by atoms with van der Waals surface area (Å²) in [6.45, 7) is 4.71. The Balaban J connectivity index is 1.33. The lowest BCUT2D eigenvalue weighted by Crippen LogP contribution is -2.14. The first-order chi connectivity index (χ1) is 22.1. The minimum Gasteiger partial charge on any atom is -0.256 e. The molecule has 0 saturated heterocycles. The van der Waals surface area contributed by atoms with Gasteiger partial charge in [0.15, 0.2) is 0 Å². The van der Waals surface area contributed by atoms with Gasteiger partial charge in [-0.3, -0.25) is 4.98 Å². The minimum atomic E-state index is -0.0553. The summed E-state index contributed by atoms with van der Waals surface area (Å²) in [5.41, 5.74) is 13.8. The van der Waals surface area contributed by atoms with E-state index in [1.807, 2.05) is 6.20 Å². The fourth-order valence-corrected chi connectivity index (χ4v) is 7.83. The van der Waals surface area contributed by atoms with Gasteiger partial charge >= 0.3 is 0 Å². The molecule has 1 aromatic heterocycles. The van der Waals surface area contributed by atoms with E-state index in [4.69, 9.17) is 4.98 Å². The topological polar surface area (TPSA) is 12.9 Å². The van der Waals surface area contributed by atoms with Gasteiger partial charge in [0, 0.05) is 22.6 Å². The third-order valence-electron chi connectivity index (χ3n) is 9.93. The van der Waals surface area contributed by atoms with Gasteiger partial charge in [-0.1, -0.05) is 147 Å². The minimum absolute atomic E-state index is 0.0553. The van der Waals surface area contributed by atoms with Crippen LogP contribution in [0.1, 0.15) is 25.0 Å². The van der Waals surface area contributed by atoms with Crippen molar-refractivity contribution in [1.82, 2.24) is 4.98 Å². The van der Waals surface area contributed by atoms with Crippen molar-refractivity contribution < 1.29 is 0 Å². The van der Waals surface area contributed by atoms with E-state index in [0.717, 1.165) is 5.52 Å². The fraction of sp³-hybridized carbons (Fsp3) is 0.0682. The van der Waals surface area contributed by atoms with Gasteiger partial charge in [0.1, 0.15) is 0 Å². The van der Waals surface area contributed by atoms with Gasteiger partial charge in [-0.2, -0.15) is 0 Å². The van der Waals surface area contributed by atoms with Crippen LogP contribution in [0.3, 0.4) is 0 Å². The van der Waals surface area contributed by atoms with Crippen LogP contribution < -0.4 is 0 Å². The Labute approximate surface area is 263 Å². The molecular formula is C44H31N. The number of aromatic nitrogens is 1. The van der Waals surface area contributed by atoms with Gasteiger partial charge < -0.3 is 0 Å². The number of rotatable bonds is 3. The highest BCUT2D eigenvalue weighted by Crippen LogP contribution is 2.51. The Morgan fingerprint density at radius 2 is 1.02 bits per heavy atom. The van der Waals surface area contributed by atoms with Crippen LogP contribution in [0.25, 0.3) is 77.0 Å². The molecule has 0 bridgehead atoms. The number of benzene rings is 7. The van der Waals surface area contributed by atoms with Crippen LogP contribution in [-0.2, 0) is 5.41 Å². The van der Waals surface area contributed by atoms with E-state index in [9.17, 15) is 0 Å². The maximum atomic E-state index is 5.09. The summed E-state index contributed by atoms with van der Waals surface area (Å²) < 4.78 is 0. The number of nitrogens with zero attached hydrogens (tertiary/aromatic N) is 1. The van der Waals surface area contributed by atoms with E-state index in [1.54, 1.807) is 0 Å².